The standard InChI is InChI=1S/C19H26O7.C12H24O4.C11H16O3S.C10H14O.C10H14.C7H8S/c1-5-18(3,4)16(22)24-9-13(21)25-14-11-6-12-15(14)26-17(23)19(12,8-11)7-10(2)20;1-6-9(3)11(14)15-8-10(13)16-12(4,5)7-2;1-3-9(2)11-6-4-10(5-7-11)8-15(12,13)14;1-3-8(2)9-4-6-10(11)7-5-9;1-3-9(2)10-7-5-4-6-8-10;1-6-2-4-7(8)5-3-6/h11-12,14-15H,5-9H2,1-4H3;9-10,13H,6-8H2,1-5H3;4-7,9H,3,8H2,1-2H3,(H,12,13,14);4-8,11H,3H2,1-2H3;4-9H,3H2,1-2H3;2-5,8H,1H3. The first kappa shape index (κ1) is 76.5. The van der Waals surface area contributed by atoms with Crippen molar-refractivity contribution in [2.45, 2.75) is 221 Å². The molecule has 0 spiro atoms. The number of hydrogen-bond donors (Lipinski definition) is 2. The summed E-state index contributed by atoms with van der Waals surface area (Å²) in [5.41, 5.74) is 3.98. The molecule has 0 aromatic heterocycles. The predicted molar refractivity (Wildman–Crippen MR) is 341 cm³/mol. The third-order valence-electron chi connectivity index (χ3n) is 16.6. The van der Waals surface area contributed by atoms with Gasteiger partial charge >= 0.3 is 23.9 Å². The van der Waals surface area contributed by atoms with Gasteiger partial charge in [0.25, 0.3) is 0 Å². The van der Waals surface area contributed by atoms with E-state index >= 15 is 0 Å². The number of aliphatic hydroxyl groups is 1. The molecule has 480 valence electrons. The number of aliphatic hydroxyl groups excluding tert-OH is 1. The number of fused-ring (bicyclic) bond motifs is 1. The number of carbonyl (C=O) groups excluding carboxylic acids is 5. The Balaban J connectivity index is 0.000000369. The van der Waals surface area contributed by atoms with Gasteiger partial charge in [-0.3, -0.25) is 19.2 Å². The predicted octanol–water partition coefficient (Wildman–Crippen LogP) is 13.6. The number of benzene rings is 4. The molecule has 2 bridgehead atoms. The van der Waals surface area contributed by atoms with Crippen LogP contribution in [0.2, 0.25) is 0 Å². The quantitative estimate of drug-likeness (QED) is 0.0245. The number of Topliss-reactive ketones (excluding diaryl/α,β-unsaturated/α-hetero) is 1. The van der Waals surface area contributed by atoms with Crippen molar-refractivity contribution in [2.24, 2.45) is 28.6 Å². The van der Waals surface area contributed by atoms with Crippen molar-refractivity contribution in [1.29, 1.82) is 0 Å². The van der Waals surface area contributed by atoms with Crippen LogP contribution in [-0.2, 0) is 76.2 Å². The van der Waals surface area contributed by atoms with Gasteiger partial charge in [-0.25, -0.2) is 13.2 Å². The van der Waals surface area contributed by atoms with Crippen LogP contribution in [0, 0.1) is 35.5 Å². The maximum atomic E-state index is 12.4. The van der Waals surface area contributed by atoms with E-state index < -0.39 is 69.3 Å². The first-order valence-corrected chi connectivity index (χ1v) is 32.5. The van der Waals surface area contributed by atoms with Gasteiger partial charge in [-0.1, -0.05) is 154 Å². The normalized spacial score (nSPS) is 19.8. The van der Waals surface area contributed by atoms with Crippen LogP contribution in [0.5, 0.6) is 5.75 Å². The molecule has 0 amide bonds. The topological polar surface area (TPSA) is 229 Å². The number of hydrogen-bond acceptors (Lipinski definition) is 15. The highest BCUT2D eigenvalue weighted by Crippen LogP contribution is 2.64. The van der Waals surface area contributed by atoms with Crippen molar-refractivity contribution in [3.8, 4) is 5.75 Å². The average Bonchev–Trinajstić information content (AvgIpc) is 1.56. The fourth-order valence-electron chi connectivity index (χ4n) is 9.55. The van der Waals surface area contributed by atoms with Gasteiger partial charge in [0.1, 0.15) is 35.2 Å². The number of esters is 4. The number of aryl methyl sites for hydroxylation is 1. The summed E-state index contributed by atoms with van der Waals surface area (Å²) >= 11 is 3.39. The summed E-state index contributed by atoms with van der Waals surface area (Å²) in [6, 6.07) is 33.5. The highest BCUT2D eigenvalue weighted by molar-refractivity contribution is 7.84. The smallest absolute Gasteiger partial charge is 0.344 e. The summed E-state index contributed by atoms with van der Waals surface area (Å²) in [6.45, 7) is 30.9. The van der Waals surface area contributed by atoms with Gasteiger partial charge in [-0.05, 0) is 170 Å². The zero-order valence-electron chi connectivity index (χ0n) is 54.1. The molecule has 1 aliphatic heterocycles. The molecule has 2 saturated carbocycles. The molecule has 3 aliphatic rings. The van der Waals surface area contributed by atoms with Crippen molar-refractivity contribution in [3.05, 3.63) is 131 Å². The second kappa shape index (κ2) is 36.7. The van der Waals surface area contributed by atoms with E-state index in [1.165, 1.54) is 35.6 Å². The molecule has 10 atom stereocenters. The van der Waals surface area contributed by atoms with E-state index in [1.807, 2.05) is 71.0 Å². The van der Waals surface area contributed by atoms with Crippen molar-refractivity contribution in [1.82, 2.24) is 0 Å². The molecule has 1 saturated heterocycles. The zero-order chi connectivity index (χ0) is 65.2. The second-order valence-corrected chi connectivity index (χ2v) is 26.3. The molecule has 2 N–H and O–H groups in total. The van der Waals surface area contributed by atoms with Gasteiger partial charge in [0.05, 0.1) is 38.2 Å². The molecule has 86 heavy (non-hydrogen) atoms. The SMILES string of the molecule is CCC(C)(C)C(=O)OCC(=O)OC1C2CC3C1OC(=O)C3(CC(C)=O)C2.CCC(C)C(=O)OCC(O)OC(C)(C)CC.CCC(C)c1ccc(CS(=O)(=O)[O-])cc1.CCC(C)c1ccc(O)cc1.CCC(C)c1ccccc1.Cc1ccc([SH2+])cc1. The monoisotopic (exact) mass is 1230 g/mol. The Kier molecular flexibility index (Phi) is 32.6. The van der Waals surface area contributed by atoms with Crippen LogP contribution in [0.15, 0.2) is 108 Å². The van der Waals surface area contributed by atoms with Crippen molar-refractivity contribution < 1.29 is 70.8 Å². The van der Waals surface area contributed by atoms with Crippen LogP contribution in [0.1, 0.15) is 207 Å². The Labute approximate surface area is 520 Å². The highest BCUT2D eigenvalue weighted by Gasteiger charge is 2.71. The van der Waals surface area contributed by atoms with Crippen LogP contribution < -0.4 is 0 Å². The lowest BCUT2D eigenvalue weighted by Gasteiger charge is -2.31. The molecule has 4 aromatic rings. The maximum Gasteiger partial charge on any atom is 0.344 e. The Morgan fingerprint density at radius 2 is 1.26 bits per heavy atom. The van der Waals surface area contributed by atoms with Crippen LogP contribution in [0.3, 0.4) is 0 Å². The summed E-state index contributed by atoms with van der Waals surface area (Å²) in [7, 11) is -4.17. The zero-order valence-corrected chi connectivity index (χ0v) is 55.9. The van der Waals surface area contributed by atoms with Crippen molar-refractivity contribution in [2.75, 3.05) is 13.2 Å². The van der Waals surface area contributed by atoms with Gasteiger partial charge < -0.3 is 38.5 Å². The summed E-state index contributed by atoms with van der Waals surface area (Å²) in [6.07, 6.45) is 4.87. The number of carbonyl (C=O) groups is 5. The van der Waals surface area contributed by atoms with Gasteiger partial charge in [-0.2, -0.15) is 0 Å². The Morgan fingerprint density at radius 1 is 0.744 bits per heavy atom. The minimum absolute atomic E-state index is 0.00235. The lowest BCUT2D eigenvalue weighted by molar-refractivity contribution is -0.201. The van der Waals surface area contributed by atoms with Crippen LogP contribution in [0.4, 0.5) is 0 Å². The van der Waals surface area contributed by atoms with Gasteiger partial charge in [0.2, 0.25) is 0 Å². The Hall–Kier alpha value is -5.59. The largest absolute Gasteiger partial charge is 0.748 e. The van der Waals surface area contributed by atoms with Crippen LogP contribution >= 0.6 is 0 Å². The van der Waals surface area contributed by atoms with E-state index in [0.29, 0.717) is 48.3 Å². The van der Waals surface area contributed by atoms with Crippen LogP contribution in [0.25, 0.3) is 0 Å². The summed E-state index contributed by atoms with van der Waals surface area (Å²) in [4.78, 5) is 60.5. The highest BCUT2D eigenvalue weighted by atomic mass is 32.2. The summed E-state index contributed by atoms with van der Waals surface area (Å²) in [5, 5.41) is 18.5. The minimum atomic E-state index is -4.17. The van der Waals surface area contributed by atoms with E-state index in [9.17, 15) is 42.0 Å². The van der Waals surface area contributed by atoms with Gasteiger partial charge in [-0.15, -0.1) is 0 Å². The first-order valence-electron chi connectivity index (χ1n) is 30.5. The summed E-state index contributed by atoms with van der Waals surface area (Å²) < 4.78 is 57.8. The minimum Gasteiger partial charge on any atom is -0.748 e. The number of phenolic OH excluding ortho intramolecular Hbond substituents is 1. The lowest BCUT2D eigenvalue weighted by Crippen LogP contribution is -2.41. The molecule has 10 unspecified atom stereocenters. The molecule has 17 heteroatoms. The Morgan fingerprint density at radius 3 is 1.71 bits per heavy atom. The number of ketones is 1. The van der Waals surface area contributed by atoms with Gasteiger partial charge in [0.15, 0.2) is 12.9 Å². The number of aromatic hydroxyl groups is 1. The molecular weight excluding hydrogens is 1130 g/mol. The van der Waals surface area contributed by atoms with E-state index in [-0.39, 0.29) is 48.5 Å². The molecule has 3 fully saturated rings. The van der Waals surface area contributed by atoms with E-state index in [0.717, 1.165) is 30.6 Å². The van der Waals surface area contributed by atoms with E-state index in [1.54, 1.807) is 45.0 Å². The fraction of sp³-hybridized carbons (Fsp3) is 0.580. The molecule has 2 aliphatic carbocycles. The van der Waals surface area contributed by atoms with Gasteiger partial charge in [0, 0.05) is 18.3 Å². The first-order chi connectivity index (χ1) is 40.2. The molecule has 4 aromatic carbocycles. The number of rotatable bonds is 22. The molecule has 0 radical (unpaired) electrons. The van der Waals surface area contributed by atoms with E-state index in [2.05, 4.69) is 104 Å². The second-order valence-electron chi connectivity index (χ2n) is 24.3. The third kappa shape index (κ3) is 26.0. The summed E-state index contributed by atoms with van der Waals surface area (Å²) in [5.74, 6) is -0.281. The fourth-order valence-corrected chi connectivity index (χ4v) is 10.3. The van der Waals surface area contributed by atoms with Crippen molar-refractivity contribution >= 4 is 52.4 Å². The van der Waals surface area contributed by atoms with Crippen molar-refractivity contribution in [3.63, 3.8) is 0 Å². The molecule has 7 rings (SSSR count). The maximum absolute atomic E-state index is 12.4. The average molecular weight is 1240 g/mol. The molecule has 15 nitrogen and oxygen atoms in total. The number of ether oxygens (including phenoxy) is 5. The third-order valence-corrected chi connectivity index (χ3v) is 17.6. The molecule has 1 heterocycles. The van der Waals surface area contributed by atoms with E-state index in [4.69, 9.17) is 28.8 Å². The van der Waals surface area contributed by atoms with Crippen LogP contribution in [-0.4, -0.2) is 90.2 Å². The Bertz CT molecular complexity index is 2760. The molecular formula is C69H102O15S2. The number of phenols is 1. The lowest BCUT2D eigenvalue weighted by atomic mass is 9.70.